The smallest absolute Gasteiger partial charge is 0.261 e. The van der Waals surface area contributed by atoms with Crippen molar-refractivity contribution < 1.29 is 9.53 Å². The van der Waals surface area contributed by atoms with Gasteiger partial charge in [-0.25, -0.2) is 0 Å². The van der Waals surface area contributed by atoms with Crippen LogP contribution in [0.2, 0.25) is 0 Å². The number of hydrogen-bond acceptors (Lipinski definition) is 3. The van der Waals surface area contributed by atoms with Crippen molar-refractivity contribution in [3.05, 3.63) is 22.4 Å². The summed E-state index contributed by atoms with van der Waals surface area (Å²) in [6.07, 6.45) is 2.12. The monoisotopic (exact) mass is 225 g/mol. The fourth-order valence-corrected chi connectivity index (χ4v) is 2.32. The first kappa shape index (κ1) is 10.6. The SMILES string of the molecule is O=C(NCC1CCOCC1)c1cccs1. The van der Waals surface area contributed by atoms with Crippen LogP contribution in [0.1, 0.15) is 22.5 Å². The summed E-state index contributed by atoms with van der Waals surface area (Å²) in [6, 6.07) is 3.75. The standard InChI is InChI=1S/C11H15NO2S/c13-11(10-2-1-7-15-10)12-8-9-3-5-14-6-4-9/h1-2,7,9H,3-6,8H2,(H,12,13). The molecular formula is C11H15NO2S. The van der Waals surface area contributed by atoms with Gasteiger partial charge in [0.25, 0.3) is 5.91 Å². The molecule has 1 aromatic rings. The van der Waals surface area contributed by atoms with Crippen LogP contribution >= 0.6 is 11.3 Å². The van der Waals surface area contributed by atoms with Crippen molar-refractivity contribution in [2.45, 2.75) is 12.8 Å². The highest BCUT2D eigenvalue weighted by atomic mass is 32.1. The molecule has 0 atom stereocenters. The lowest BCUT2D eigenvalue weighted by Gasteiger charge is -2.21. The second-order valence-electron chi connectivity index (χ2n) is 3.74. The van der Waals surface area contributed by atoms with Crippen molar-refractivity contribution in [2.75, 3.05) is 19.8 Å². The van der Waals surface area contributed by atoms with E-state index in [9.17, 15) is 4.79 Å². The quantitative estimate of drug-likeness (QED) is 0.853. The van der Waals surface area contributed by atoms with Crippen molar-refractivity contribution in [1.82, 2.24) is 5.32 Å². The Balaban J connectivity index is 1.75. The number of ether oxygens (including phenoxy) is 1. The molecule has 1 aromatic heterocycles. The average molecular weight is 225 g/mol. The Morgan fingerprint density at radius 2 is 2.33 bits per heavy atom. The van der Waals surface area contributed by atoms with E-state index in [0.717, 1.165) is 37.5 Å². The third-order valence-corrected chi connectivity index (χ3v) is 3.51. The summed E-state index contributed by atoms with van der Waals surface area (Å²) in [7, 11) is 0. The summed E-state index contributed by atoms with van der Waals surface area (Å²) in [4.78, 5) is 12.4. The Hall–Kier alpha value is -0.870. The summed E-state index contributed by atoms with van der Waals surface area (Å²) >= 11 is 1.48. The minimum Gasteiger partial charge on any atom is -0.381 e. The molecule has 0 aromatic carbocycles. The van der Waals surface area contributed by atoms with E-state index in [1.54, 1.807) is 0 Å². The molecule has 0 aliphatic carbocycles. The summed E-state index contributed by atoms with van der Waals surface area (Å²) in [6.45, 7) is 2.44. The number of nitrogens with one attached hydrogen (secondary N) is 1. The Labute approximate surface area is 93.4 Å². The topological polar surface area (TPSA) is 38.3 Å². The molecule has 1 amide bonds. The number of rotatable bonds is 3. The second kappa shape index (κ2) is 5.28. The maximum atomic E-state index is 11.6. The Kier molecular flexibility index (Phi) is 3.75. The molecule has 0 spiro atoms. The van der Waals surface area contributed by atoms with Gasteiger partial charge >= 0.3 is 0 Å². The molecule has 1 aliphatic rings. The molecule has 3 nitrogen and oxygen atoms in total. The summed E-state index contributed by atoms with van der Waals surface area (Å²) < 4.78 is 5.27. The van der Waals surface area contributed by atoms with Crippen LogP contribution in [0.3, 0.4) is 0 Å². The Morgan fingerprint density at radius 1 is 1.53 bits per heavy atom. The molecule has 15 heavy (non-hydrogen) atoms. The number of hydrogen-bond donors (Lipinski definition) is 1. The molecule has 0 unspecified atom stereocenters. The molecule has 1 fully saturated rings. The lowest BCUT2D eigenvalue weighted by atomic mass is 10.0. The number of carbonyl (C=O) groups excluding carboxylic acids is 1. The molecule has 82 valence electrons. The molecule has 1 N–H and O–H groups in total. The molecule has 0 radical (unpaired) electrons. The van der Waals surface area contributed by atoms with Gasteiger partial charge in [0, 0.05) is 19.8 Å². The largest absolute Gasteiger partial charge is 0.381 e. The number of amides is 1. The van der Waals surface area contributed by atoms with Crippen molar-refractivity contribution in [2.24, 2.45) is 5.92 Å². The molecule has 2 heterocycles. The average Bonchev–Trinajstić information content (AvgIpc) is 2.81. The van der Waals surface area contributed by atoms with Crippen molar-refractivity contribution >= 4 is 17.2 Å². The van der Waals surface area contributed by atoms with E-state index >= 15 is 0 Å². The lowest BCUT2D eigenvalue weighted by molar-refractivity contribution is 0.0643. The predicted molar refractivity (Wildman–Crippen MR) is 60.2 cm³/mol. The maximum Gasteiger partial charge on any atom is 0.261 e. The highest BCUT2D eigenvalue weighted by Crippen LogP contribution is 2.14. The fraction of sp³-hybridized carbons (Fsp3) is 0.545. The zero-order chi connectivity index (χ0) is 10.5. The lowest BCUT2D eigenvalue weighted by Crippen LogP contribution is -2.31. The summed E-state index contributed by atoms with van der Waals surface area (Å²) in [5.41, 5.74) is 0. The van der Waals surface area contributed by atoms with E-state index < -0.39 is 0 Å². The normalized spacial score (nSPS) is 17.6. The van der Waals surface area contributed by atoms with Crippen LogP contribution in [0.15, 0.2) is 17.5 Å². The van der Waals surface area contributed by atoms with Crippen molar-refractivity contribution in [3.8, 4) is 0 Å². The van der Waals surface area contributed by atoms with E-state index in [1.165, 1.54) is 11.3 Å². The third kappa shape index (κ3) is 3.04. The highest BCUT2D eigenvalue weighted by molar-refractivity contribution is 7.12. The highest BCUT2D eigenvalue weighted by Gasteiger charge is 2.15. The van der Waals surface area contributed by atoms with E-state index in [1.807, 2.05) is 17.5 Å². The first-order chi connectivity index (χ1) is 7.36. The minimum absolute atomic E-state index is 0.0523. The molecule has 0 bridgehead atoms. The Morgan fingerprint density at radius 3 is 3.00 bits per heavy atom. The molecular weight excluding hydrogens is 210 g/mol. The van der Waals surface area contributed by atoms with Gasteiger partial charge in [-0.3, -0.25) is 4.79 Å². The van der Waals surface area contributed by atoms with Crippen LogP contribution in [0.4, 0.5) is 0 Å². The fourth-order valence-electron chi connectivity index (χ4n) is 1.68. The van der Waals surface area contributed by atoms with Crippen LogP contribution in [-0.4, -0.2) is 25.7 Å². The van der Waals surface area contributed by atoms with Crippen LogP contribution in [0.25, 0.3) is 0 Å². The van der Waals surface area contributed by atoms with Gasteiger partial charge in [0.1, 0.15) is 0 Å². The van der Waals surface area contributed by atoms with Crippen LogP contribution in [0, 0.1) is 5.92 Å². The van der Waals surface area contributed by atoms with Crippen molar-refractivity contribution in [1.29, 1.82) is 0 Å². The van der Waals surface area contributed by atoms with Gasteiger partial charge in [-0.05, 0) is 30.2 Å². The predicted octanol–water partition coefficient (Wildman–Crippen LogP) is 1.90. The third-order valence-electron chi connectivity index (χ3n) is 2.64. The van der Waals surface area contributed by atoms with Gasteiger partial charge in [-0.2, -0.15) is 0 Å². The van der Waals surface area contributed by atoms with Crippen LogP contribution < -0.4 is 5.32 Å². The number of thiophene rings is 1. The van der Waals surface area contributed by atoms with Gasteiger partial charge in [-0.15, -0.1) is 11.3 Å². The first-order valence-corrected chi connectivity index (χ1v) is 6.13. The van der Waals surface area contributed by atoms with Gasteiger partial charge in [0.2, 0.25) is 0 Å². The molecule has 2 rings (SSSR count). The maximum absolute atomic E-state index is 11.6. The van der Waals surface area contributed by atoms with E-state index in [-0.39, 0.29) is 5.91 Å². The molecule has 1 aliphatic heterocycles. The van der Waals surface area contributed by atoms with Gasteiger partial charge in [-0.1, -0.05) is 6.07 Å². The van der Waals surface area contributed by atoms with Crippen molar-refractivity contribution in [3.63, 3.8) is 0 Å². The van der Waals surface area contributed by atoms with E-state index in [4.69, 9.17) is 4.74 Å². The summed E-state index contributed by atoms with van der Waals surface area (Å²) in [5.74, 6) is 0.638. The second-order valence-corrected chi connectivity index (χ2v) is 4.69. The minimum atomic E-state index is 0.0523. The zero-order valence-corrected chi connectivity index (χ0v) is 9.39. The van der Waals surface area contributed by atoms with Crippen LogP contribution in [0.5, 0.6) is 0 Å². The van der Waals surface area contributed by atoms with Gasteiger partial charge in [0.05, 0.1) is 4.88 Å². The van der Waals surface area contributed by atoms with Crippen LogP contribution in [-0.2, 0) is 4.74 Å². The van der Waals surface area contributed by atoms with E-state index in [2.05, 4.69) is 5.32 Å². The zero-order valence-electron chi connectivity index (χ0n) is 8.57. The Bertz CT molecular complexity index is 304. The first-order valence-electron chi connectivity index (χ1n) is 5.25. The molecule has 4 heteroatoms. The van der Waals surface area contributed by atoms with E-state index in [0.29, 0.717) is 5.92 Å². The van der Waals surface area contributed by atoms with Gasteiger partial charge < -0.3 is 10.1 Å². The molecule has 0 saturated carbocycles. The summed E-state index contributed by atoms with van der Waals surface area (Å²) in [5, 5.41) is 4.89. The number of carbonyl (C=O) groups is 1. The van der Waals surface area contributed by atoms with Gasteiger partial charge in [0.15, 0.2) is 0 Å². The molecule has 1 saturated heterocycles.